The second kappa shape index (κ2) is 6.68. The molecule has 0 aromatic rings. The summed E-state index contributed by atoms with van der Waals surface area (Å²) in [5, 5.41) is 2.79. The lowest BCUT2D eigenvalue weighted by molar-refractivity contribution is 0.146. The lowest BCUT2D eigenvalue weighted by atomic mass is 9.85. The fourth-order valence-corrected chi connectivity index (χ4v) is 1.62. The van der Waals surface area contributed by atoms with Crippen molar-refractivity contribution in [2.45, 2.75) is 34.6 Å². The highest BCUT2D eigenvalue weighted by atomic mass is 16.5. The molecule has 14 heavy (non-hydrogen) atoms. The van der Waals surface area contributed by atoms with Gasteiger partial charge in [-0.2, -0.15) is 0 Å². The monoisotopic (exact) mass is 201 g/mol. The van der Waals surface area contributed by atoms with Gasteiger partial charge in [0.15, 0.2) is 0 Å². The first kappa shape index (κ1) is 13.3. The SMILES string of the molecule is CCOC(=O)NCC(C(C)C)C(C)C. The minimum absolute atomic E-state index is 0.307. The van der Waals surface area contributed by atoms with Crippen molar-refractivity contribution in [1.82, 2.24) is 5.32 Å². The maximum atomic E-state index is 11.1. The fourth-order valence-electron chi connectivity index (χ4n) is 1.62. The van der Waals surface area contributed by atoms with Gasteiger partial charge in [0.25, 0.3) is 0 Å². The van der Waals surface area contributed by atoms with Gasteiger partial charge in [0, 0.05) is 6.54 Å². The lowest BCUT2D eigenvalue weighted by Gasteiger charge is -2.24. The van der Waals surface area contributed by atoms with Gasteiger partial charge in [0.2, 0.25) is 0 Å². The average molecular weight is 201 g/mol. The highest BCUT2D eigenvalue weighted by molar-refractivity contribution is 5.67. The molecule has 3 heteroatoms. The molecule has 0 bridgehead atoms. The van der Waals surface area contributed by atoms with Crippen molar-refractivity contribution in [1.29, 1.82) is 0 Å². The Morgan fingerprint density at radius 3 is 2.07 bits per heavy atom. The summed E-state index contributed by atoms with van der Waals surface area (Å²) in [4.78, 5) is 11.1. The van der Waals surface area contributed by atoms with Crippen LogP contribution in [0.15, 0.2) is 0 Å². The summed E-state index contributed by atoms with van der Waals surface area (Å²) in [6.45, 7) is 11.7. The quantitative estimate of drug-likeness (QED) is 0.742. The average Bonchev–Trinajstić information content (AvgIpc) is 2.03. The van der Waals surface area contributed by atoms with Crippen LogP contribution in [0, 0.1) is 17.8 Å². The molecule has 0 rings (SSSR count). The Bertz CT molecular complexity index is 159. The molecular formula is C11H23NO2. The predicted molar refractivity (Wildman–Crippen MR) is 58.2 cm³/mol. The fraction of sp³-hybridized carbons (Fsp3) is 0.909. The number of hydrogen-bond acceptors (Lipinski definition) is 2. The number of alkyl carbamates (subject to hydrolysis) is 1. The Labute approximate surface area is 87.2 Å². The van der Waals surface area contributed by atoms with E-state index in [-0.39, 0.29) is 6.09 Å². The van der Waals surface area contributed by atoms with Gasteiger partial charge in [-0.15, -0.1) is 0 Å². The summed E-state index contributed by atoms with van der Waals surface area (Å²) in [6.07, 6.45) is -0.307. The molecule has 0 saturated heterocycles. The minimum Gasteiger partial charge on any atom is -0.450 e. The molecule has 0 spiro atoms. The third-order valence-electron chi connectivity index (χ3n) is 2.47. The van der Waals surface area contributed by atoms with E-state index in [1.807, 2.05) is 6.92 Å². The van der Waals surface area contributed by atoms with Crippen LogP contribution in [0.5, 0.6) is 0 Å². The van der Waals surface area contributed by atoms with Crippen molar-refractivity contribution < 1.29 is 9.53 Å². The Kier molecular flexibility index (Phi) is 6.34. The van der Waals surface area contributed by atoms with Crippen LogP contribution in [-0.4, -0.2) is 19.2 Å². The Morgan fingerprint density at radius 1 is 1.21 bits per heavy atom. The number of rotatable bonds is 5. The number of ether oxygens (including phenoxy) is 1. The van der Waals surface area contributed by atoms with Crippen molar-refractivity contribution in [3.8, 4) is 0 Å². The van der Waals surface area contributed by atoms with E-state index in [1.165, 1.54) is 0 Å². The zero-order valence-electron chi connectivity index (χ0n) is 9.96. The summed E-state index contributed by atoms with van der Waals surface area (Å²) in [5.41, 5.74) is 0. The van der Waals surface area contributed by atoms with Crippen LogP contribution in [-0.2, 0) is 4.74 Å². The van der Waals surface area contributed by atoms with E-state index >= 15 is 0 Å². The van der Waals surface area contributed by atoms with Crippen LogP contribution >= 0.6 is 0 Å². The molecule has 0 unspecified atom stereocenters. The third-order valence-corrected chi connectivity index (χ3v) is 2.47. The summed E-state index contributed by atoms with van der Waals surface area (Å²) < 4.78 is 4.80. The molecule has 84 valence electrons. The molecule has 0 aromatic carbocycles. The Hall–Kier alpha value is -0.730. The first-order valence-corrected chi connectivity index (χ1v) is 5.39. The topological polar surface area (TPSA) is 38.3 Å². The second-order valence-electron chi connectivity index (χ2n) is 4.25. The molecule has 3 nitrogen and oxygen atoms in total. The van der Waals surface area contributed by atoms with Gasteiger partial charge in [-0.05, 0) is 24.7 Å². The molecule has 0 aliphatic heterocycles. The normalized spacial score (nSPS) is 11.1. The number of hydrogen-bond donors (Lipinski definition) is 1. The smallest absolute Gasteiger partial charge is 0.407 e. The van der Waals surface area contributed by atoms with E-state index in [9.17, 15) is 4.79 Å². The molecular weight excluding hydrogens is 178 g/mol. The minimum atomic E-state index is -0.307. The maximum absolute atomic E-state index is 11.1. The zero-order valence-corrected chi connectivity index (χ0v) is 9.96. The molecule has 0 aliphatic rings. The number of carbonyl (C=O) groups is 1. The van der Waals surface area contributed by atoms with E-state index in [1.54, 1.807) is 0 Å². The molecule has 1 amide bonds. The summed E-state index contributed by atoms with van der Waals surface area (Å²) in [7, 11) is 0. The van der Waals surface area contributed by atoms with Gasteiger partial charge in [0.1, 0.15) is 0 Å². The molecule has 0 aromatic heterocycles. The molecule has 0 fully saturated rings. The van der Waals surface area contributed by atoms with Crippen molar-refractivity contribution >= 4 is 6.09 Å². The lowest BCUT2D eigenvalue weighted by Crippen LogP contribution is -2.34. The summed E-state index contributed by atoms with van der Waals surface area (Å²) in [5.74, 6) is 1.67. The summed E-state index contributed by atoms with van der Waals surface area (Å²) in [6, 6.07) is 0. The second-order valence-corrected chi connectivity index (χ2v) is 4.25. The van der Waals surface area contributed by atoms with Gasteiger partial charge in [-0.25, -0.2) is 4.79 Å². The van der Waals surface area contributed by atoms with Crippen LogP contribution in [0.3, 0.4) is 0 Å². The van der Waals surface area contributed by atoms with Crippen LogP contribution in [0.25, 0.3) is 0 Å². The van der Waals surface area contributed by atoms with E-state index in [2.05, 4.69) is 33.0 Å². The highest BCUT2D eigenvalue weighted by Crippen LogP contribution is 2.19. The third kappa shape index (κ3) is 5.10. The van der Waals surface area contributed by atoms with Crippen molar-refractivity contribution in [3.05, 3.63) is 0 Å². The predicted octanol–water partition coefficient (Wildman–Crippen LogP) is 2.66. The molecule has 0 heterocycles. The van der Waals surface area contributed by atoms with Gasteiger partial charge < -0.3 is 10.1 Å². The molecule has 0 saturated carbocycles. The number of nitrogens with one attached hydrogen (secondary N) is 1. The Balaban J connectivity index is 3.88. The van der Waals surface area contributed by atoms with E-state index in [0.29, 0.717) is 30.9 Å². The molecule has 0 aliphatic carbocycles. The van der Waals surface area contributed by atoms with Crippen LogP contribution < -0.4 is 5.32 Å². The van der Waals surface area contributed by atoms with Gasteiger partial charge in [0.05, 0.1) is 6.61 Å². The molecule has 0 radical (unpaired) electrons. The zero-order chi connectivity index (χ0) is 11.1. The van der Waals surface area contributed by atoms with Crippen LogP contribution in [0.2, 0.25) is 0 Å². The Morgan fingerprint density at radius 2 is 1.71 bits per heavy atom. The van der Waals surface area contributed by atoms with Crippen LogP contribution in [0.4, 0.5) is 4.79 Å². The van der Waals surface area contributed by atoms with E-state index in [0.717, 1.165) is 0 Å². The molecule has 0 atom stereocenters. The first-order chi connectivity index (χ1) is 6.49. The van der Waals surface area contributed by atoms with Gasteiger partial charge >= 0.3 is 6.09 Å². The van der Waals surface area contributed by atoms with Gasteiger partial charge in [-0.1, -0.05) is 27.7 Å². The maximum Gasteiger partial charge on any atom is 0.407 e. The van der Waals surface area contributed by atoms with E-state index < -0.39 is 0 Å². The van der Waals surface area contributed by atoms with E-state index in [4.69, 9.17) is 4.74 Å². The standard InChI is InChI=1S/C11H23NO2/c1-6-14-11(13)12-7-10(8(2)3)9(4)5/h8-10H,6-7H2,1-5H3,(H,12,13). The summed E-state index contributed by atoms with van der Waals surface area (Å²) >= 11 is 0. The van der Waals surface area contributed by atoms with Crippen LogP contribution in [0.1, 0.15) is 34.6 Å². The highest BCUT2D eigenvalue weighted by Gasteiger charge is 2.18. The first-order valence-electron chi connectivity index (χ1n) is 5.39. The van der Waals surface area contributed by atoms with Gasteiger partial charge in [-0.3, -0.25) is 0 Å². The largest absolute Gasteiger partial charge is 0.450 e. The van der Waals surface area contributed by atoms with Crippen molar-refractivity contribution in [2.24, 2.45) is 17.8 Å². The van der Waals surface area contributed by atoms with Crippen molar-refractivity contribution in [3.63, 3.8) is 0 Å². The number of carbonyl (C=O) groups excluding carboxylic acids is 1. The van der Waals surface area contributed by atoms with Crippen molar-refractivity contribution in [2.75, 3.05) is 13.2 Å². The number of amides is 1. The molecule has 1 N–H and O–H groups in total.